The molecule has 3 aliphatic heterocycles. The summed E-state index contributed by atoms with van der Waals surface area (Å²) in [4.78, 5) is 39.2. The first-order valence-electron chi connectivity index (χ1n) is 6.92. The predicted molar refractivity (Wildman–Crippen MR) is 67.1 cm³/mol. The Kier molecular flexibility index (Phi) is 2.88. The third-order valence-corrected chi connectivity index (χ3v) is 4.47. The van der Waals surface area contributed by atoms with E-state index in [1.54, 1.807) is 18.9 Å². The fourth-order valence-corrected chi connectivity index (χ4v) is 3.59. The number of hydrogen-bond acceptors (Lipinski definition) is 5. The van der Waals surface area contributed by atoms with Crippen LogP contribution in [0, 0.1) is 0 Å². The van der Waals surface area contributed by atoms with Crippen molar-refractivity contribution in [1.82, 2.24) is 9.80 Å². The number of nitrogens with zero attached hydrogens (tertiary/aromatic N) is 2. The van der Waals surface area contributed by atoms with E-state index >= 15 is 0 Å². The highest BCUT2D eigenvalue weighted by Crippen LogP contribution is 2.44. The van der Waals surface area contributed by atoms with Gasteiger partial charge in [0.1, 0.15) is 0 Å². The molecule has 3 rings (SSSR count). The molecule has 7 heteroatoms. The van der Waals surface area contributed by atoms with Gasteiger partial charge in [0.25, 0.3) is 0 Å². The number of carbonyl (C=O) groups is 3. The molecular formula is C13H18N2O5. The van der Waals surface area contributed by atoms with Crippen molar-refractivity contribution < 1.29 is 23.9 Å². The number of hydrogen-bond donors (Lipinski definition) is 0. The van der Waals surface area contributed by atoms with Gasteiger partial charge in [0.15, 0.2) is 5.78 Å². The van der Waals surface area contributed by atoms with Gasteiger partial charge in [-0.2, -0.15) is 0 Å². The zero-order valence-electron chi connectivity index (χ0n) is 11.6. The Balaban J connectivity index is 1.93. The van der Waals surface area contributed by atoms with Crippen molar-refractivity contribution in [2.24, 2.45) is 0 Å². The summed E-state index contributed by atoms with van der Waals surface area (Å²) in [6.45, 7) is 2.24. The summed E-state index contributed by atoms with van der Waals surface area (Å²) in [5, 5.41) is 0. The molecule has 110 valence electrons. The van der Waals surface area contributed by atoms with Gasteiger partial charge in [0.05, 0.1) is 19.2 Å². The van der Waals surface area contributed by atoms with Crippen LogP contribution in [0.5, 0.6) is 0 Å². The Labute approximate surface area is 116 Å². The van der Waals surface area contributed by atoms with Crippen molar-refractivity contribution >= 4 is 18.0 Å². The van der Waals surface area contributed by atoms with E-state index < -0.39 is 23.8 Å². The van der Waals surface area contributed by atoms with Crippen molar-refractivity contribution in [1.29, 1.82) is 0 Å². The number of Topliss-reactive ketones (excluding diaryl/α,β-unsaturated/α-hetero) is 1. The maximum Gasteiger partial charge on any atom is 0.410 e. The molecule has 1 spiro atoms. The first-order valence-corrected chi connectivity index (χ1v) is 6.92. The Hall–Kier alpha value is -1.79. The quantitative estimate of drug-likeness (QED) is 0.710. The topological polar surface area (TPSA) is 76.2 Å². The number of fused-ring (bicyclic) bond motifs is 3. The molecule has 0 radical (unpaired) electrons. The smallest absolute Gasteiger partial charge is 0.410 e. The highest BCUT2D eigenvalue weighted by molar-refractivity contribution is 5.95. The minimum absolute atomic E-state index is 0.0803. The monoisotopic (exact) mass is 282 g/mol. The first kappa shape index (κ1) is 13.2. The molecule has 0 N–H and O–H groups in total. The van der Waals surface area contributed by atoms with Crippen LogP contribution >= 0.6 is 0 Å². The lowest BCUT2D eigenvalue weighted by atomic mass is 9.84. The minimum Gasteiger partial charge on any atom is -0.450 e. The SMILES string of the molecule is CCOC(=O)N1[C@H]2CC[C@@H]1[C@]1(CN(C)C(=O)O1)C(=O)C2. The van der Waals surface area contributed by atoms with Gasteiger partial charge in [-0.15, -0.1) is 0 Å². The molecule has 3 heterocycles. The number of carbonyl (C=O) groups excluding carboxylic acids is 3. The van der Waals surface area contributed by atoms with Crippen LogP contribution in [0.25, 0.3) is 0 Å². The minimum atomic E-state index is -1.20. The van der Waals surface area contributed by atoms with Gasteiger partial charge in [0, 0.05) is 19.5 Å². The third kappa shape index (κ3) is 1.61. The van der Waals surface area contributed by atoms with E-state index in [1.165, 1.54) is 4.90 Å². The summed E-state index contributed by atoms with van der Waals surface area (Å²) >= 11 is 0. The fourth-order valence-electron chi connectivity index (χ4n) is 3.59. The van der Waals surface area contributed by atoms with Gasteiger partial charge in [-0.3, -0.25) is 9.69 Å². The maximum absolute atomic E-state index is 12.4. The van der Waals surface area contributed by atoms with Crippen LogP contribution < -0.4 is 0 Å². The molecule has 0 aromatic carbocycles. The maximum atomic E-state index is 12.4. The summed E-state index contributed by atoms with van der Waals surface area (Å²) in [6, 6.07) is -0.525. The molecule has 0 saturated carbocycles. The first-order chi connectivity index (χ1) is 9.49. The Morgan fingerprint density at radius 3 is 2.80 bits per heavy atom. The normalized spacial score (nSPS) is 35.7. The van der Waals surface area contributed by atoms with Gasteiger partial charge >= 0.3 is 12.2 Å². The van der Waals surface area contributed by atoms with Crippen molar-refractivity contribution in [3.63, 3.8) is 0 Å². The van der Waals surface area contributed by atoms with Gasteiger partial charge in [-0.05, 0) is 19.8 Å². The summed E-state index contributed by atoms with van der Waals surface area (Å²) in [5.41, 5.74) is -1.20. The number of rotatable bonds is 1. The number of ketones is 1. The van der Waals surface area contributed by atoms with Crippen LogP contribution in [0.1, 0.15) is 26.2 Å². The van der Waals surface area contributed by atoms with E-state index in [4.69, 9.17) is 9.47 Å². The largest absolute Gasteiger partial charge is 0.450 e. The van der Waals surface area contributed by atoms with E-state index in [2.05, 4.69) is 0 Å². The molecule has 2 bridgehead atoms. The summed E-state index contributed by atoms with van der Waals surface area (Å²) in [5.74, 6) is -0.0803. The van der Waals surface area contributed by atoms with Crippen LogP contribution in [-0.4, -0.2) is 65.7 Å². The van der Waals surface area contributed by atoms with E-state index in [0.717, 1.165) is 6.42 Å². The highest BCUT2D eigenvalue weighted by atomic mass is 16.6. The number of piperidine rings is 1. The molecule has 2 amide bonds. The van der Waals surface area contributed by atoms with Crippen LogP contribution in [-0.2, 0) is 14.3 Å². The van der Waals surface area contributed by atoms with Crippen molar-refractivity contribution in [2.75, 3.05) is 20.2 Å². The van der Waals surface area contributed by atoms with Crippen LogP contribution in [0.4, 0.5) is 9.59 Å². The summed E-state index contributed by atoms with van der Waals surface area (Å²) in [6.07, 6.45) is 0.718. The van der Waals surface area contributed by atoms with E-state index in [9.17, 15) is 14.4 Å². The molecule has 7 nitrogen and oxygen atoms in total. The Morgan fingerprint density at radius 2 is 2.20 bits per heavy atom. The van der Waals surface area contributed by atoms with E-state index in [0.29, 0.717) is 6.42 Å². The Morgan fingerprint density at radius 1 is 1.45 bits per heavy atom. The average Bonchev–Trinajstić information content (AvgIpc) is 2.89. The van der Waals surface area contributed by atoms with Crippen LogP contribution in [0.3, 0.4) is 0 Å². The zero-order valence-corrected chi connectivity index (χ0v) is 11.6. The summed E-state index contributed by atoms with van der Waals surface area (Å²) < 4.78 is 10.5. The second-order valence-corrected chi connectivity index (χ2v) is 5.59. The standard InChI is InChI=1S/C13H18N2O5/c1-3-19-12(18)15-8-4-5-9(15)13(10(16)6-8)7-14(2)11(17)20-13/h8-9H,3-7H2,1-2H3/t8-,9+,13+/m0/s1. The predicted octanol–water partition coefficient (Wildman–Crippen LogP) is 0.769. The molecule has 0 aliphatic carbocycles. The van der Waals surface area contributed by atoms with Gasteiger partial charge in [0.2, 0.25) is 5.60 Å². The van der Waals surface area contributed by atoms with Gasteiger partial charge in [-0.1, -0.05) is 0 Å². The molecule has 0 unspecified atom stereocenters. The Bertz CT molecular complexity index is 479. The van der Waals surface area contributed by atoms with Crippen LogP contribution in [0.2, 0.25) is 0 Å². The van der Waals surface area contributed by atoms with Crippen molar-refractivity contribution in [3.05, 3.63) is 0 Å². The van der Waals surface area contributed by atoms with E-state index in [-0.39, 0.29) is 31.4 Å². The van der Waals surface area contributed by atoms with Crippen LogP contribution in [0.15, 0.2) is 0 Å². The van der Waals surface area contributed by atoms with Gasteiger partial charge < -0.3 is 14.4 Å². The average molecular weight is 282 g/mol. The van der Waals surface area contributed by atoms with E-state index in [1.807, 2.05) is 0 Å². The second-order valence-electron chi connectivity index (χ2n) is 5.59. The highest BCUT2D eigenvalue weighted by Gasteiger charge is 2.64. The zero-order chi connectivity index (χ0) is 14.5. The van der Waals surface area contributed by atoms with Crippen molar-refractivity contribution in [3.8, 4) is 0 Å². The lowest BCUT2D eigenvalue weighted by molar-refractivity contribution is -0.145. The van der Waals surface area contributed by atoms with Crippen molar-refractivity contribution in [2.45, 2.75) is 43.9 Å². The number of likely N-dealkylation sites (N-methyl/N-ethyl adjacent to an activating group) is 1. The number of ether oxygens (including phenoxy) is 2. The summed E-state index contributed by atoms with van der Waals surface area (Å²) in [7, 11) is 1.60. The molecule has 0 aromatic rings. The molecule has 20 heavy (non-hydrogen) atoms. The molecule has 3 saturated heterocycles. The second kappa shape index (κ2) is 4.36. The fraction of sp³-hybridized carbons (Fsp3) is 0.769. The molecule has 0 aromatic heterocycles. The molecule has 3 atom stereocenters. The molecule has 3 aliphatic rings. The molecular weight excluding hydrogens is 264 g/mol. The lowest BCUT2D eigenvalue weighted by Crippen LogP contribution is -2.64. The van der Waals surface area contributed by atoms with Gasteiger partial charge in [-0.25, -0.2) is 9.59 Å². The third-order valence-electron chi connectivity index (χ3n) is 4.47. The molecule has 3 fully saturated rings. The number of amides is 2. The lowest BCUT2D eigenvalue weighted by Gasteiger charge is -2.42.